The molecule has 0 atom stereocenters. The molecule has 19 heavy (non-hydrogen) atoms. The first-order valence-corrected chi connectivity index (χ1v) is 7.54. The van der Waals surface area contributed by atoms with Gasteiger partial charge in [0.2, 0.25) is 0 Å². The van der Waals surface area contributed by atoms with Crippen molar-refractivity contribution in [3.8, 4) is 0 Å². The second-order valence-electron chi connectivity index (χ2n) is 4.74. The summed E-state index contributed by atoms with van der Waals surface area (Å²) in [6, 6.07) is 14.8. The summed E-state index contributed by atoms with van der Waals surface area (Å²) in [6.45, 7) is 3.03. The molecule has 2 aromatic rings. The van der Waals surface area contributed by atoms with E-state index in [-0.39, 0.29) is 0 Å². The summed E-state index contributed by atoms with van der Waals surface area (Å²) in [6.07, 6.45) is 0. The van der Waals surface area contributed by atoms with Crippen LogP contribution in [0.25, 0.3) is 0 Å². The van der Waals surface area contributed by atoms with Gasteiger partial charge in [0.25, 0.3) is 0 Å². The Morgan fingerprint density at radius 1 is 1.05 bits per heavy atom. The molecule has 0 radical (unpaired) electrons. The molecule has 2 aromatic carbocycles. The zero-order valence-electron chi connectivity index (χ0n) is 11.2. The van der Waals surface area contributed by atoms with Crippen molar-refractivity contribution in [2.45, 2.75) is 19.3 Å². The number of benzene rings is 2. The van der Waals surface area contributed by atoms with E-state index >= 15 is 0 Å². The van der Waals surface area contributed by atoms with Gasteiger partial charge in [-0.1, -0.05) is 40.2 Å². The van der Waals surface area contributed by atoms with E-state index in [4.69, 9.17) is 11.6 Å². The number of anilines is 1. The first kappa shape index (κ1) is 14.4. The summed E-state index contributed by atoms with van der Waals surface area (Å²) >= 11 is 9.32. The molecule has 0 bridgehead atoms. The molecule has 0 saturated heterocycles. The second kappa shape index (κ2) is 6.44. The molecule has 0 spiro atoms. The van der Waals surface area contributed by atoms with E-state index in [1.807, 2.05) is 0 Å². The van der Waals surface area contributed by atoms with Crippen LogP contribution in [-0.4, -0.2) is 7.05 Å². The number of nitrogens with zero attached hydrogens (tertiary/aromatic N) is 1. The molecule has 0 aliphatic heterocycles. The lowest BCUT2D eigenvalue weighted by Gasteiger charge is -2.22. The van der Waals surface area contributed by atoms with Crippen LogP contribution in [0.15, 0.2) is 46.9 Å². The monoisotopic (exact) mass is 337 g/mol. The summed E-state index contributed by atoms with van der Waals surface area (Å²) in [5.74, 6) is 0.567. The normalized spacial score (nSPS) is 10.5. The van der Waals surface area contributed by atoms with Gasteiger partial charge >= 0.3 is 0 Å². The maximum atomic E-state index is 5.86. The van der Waals surface area contributed by atoms with Gasteiger partial charge in [0.15, 0.2) is 0 Å². The molecular formula is C16H17BrClN. The van der Waals surface area contributed by atoms with Gasteiger partial charge in [-0.2, -0.15) is 0 Å². The standard InChI is InChI=1S/C16H17BrClN/c1-12-9-14(10-18)5-8-16(12)19(2)11-13-3-6-15(17)7-4-13/h3-9H,10-11H2,1-2H3. The largest absolute Gasteiger partial charge is 0.370 e. The minimum absolute atomic E-state index is 0.567. The lowest BCUT2D eigenvalue weighted by atomic mass is 10.1. The SMILES string of the molecule is Cc1cc(CCl)ccc1N(C)Cc1ccc(Br)cc1. The van der Waals surface area contributed by atoms with Crippen molar-refractivity contribution in [2.75, 3.05) is 11.9 Å². The van der Waals surface area contributed by atoms with E-state index in [9.17, 15) is 0 Å². The molecule has 0 aromatic heterocycles. The van der Waals surface area contributed by atoms with Crippen molar-refractivity contribution in [1.29, 1.82) is 0 Å². The quantitative estimate of drug-likeness (QED) is 0.698. The van der Waals surface area contributed by atoms with Crippen LogP contribution in [0.5, 0.6) is 0 Å². The van der Waals surface area contributed by atoms with Crippen LogP contribution in [0.3, 0.4) is 0 Å². The number of halogens is 2. The van der Waals surface area contributed by atoms with Crippen LogP contribution in [0.4, 0.5) is 5.69 Å². The van der Waals surface area contributed by atoms with Gasteiger partial charge in [-0.3, -0.25) is 0 Å². The minimum atomic E-state index is 0.567. The van der Waals surface area contributed by atoms with E-state index in [2.05, 4.69) is 77.3 Å². The van der Waals surface area contributed by atoms with Crippen LogP contribution in [0, 0.1) is 6.92 Å². The molecule has 0 saturated carbocycles. The fourth-order valence-electron chi connectivity index (χ4n) is 2.18. The van der Waals surface area contributed by atoms with Gasteiger partial charge in [-0.15, -0.1) is 11.6 Å². The van der Waals surface area contributed by atoms with Crippen molar-refractivity contribution in [3.05, 3.63) is 63.6 Å². The number of hydrogen-bond acceptors (Lipinski definition) is 1. The fraction of sp³-hybridized carbons (Fsp3) is 0.250. The molecule has 1 nitrogen and oxygen atoms in total. The highest BCUT2D eigenvalue weighted by atomic mass is 79.9. The summed E-state index contributed by atoms with van der Waals surface area (Å²) in [4.78, 5) is 2.26. The first-order chi connectivity index (χ1) is 9.10. The van der Waals surface area contributed by atoms with Crippen LogP contribution >= 0.6 is 27.5 Å². The highest BCUT2D eigenvalue weighted by molar-refractivity contribution is 9.10. The highest BCUT2D eigenvalue weighted by Crippen LogP contribution is 2.23. The van der Waals surface area contributed by atoms with Gasteiger partial charge < -0.3 is 4.90 Å². The third-order valence-corrected chi connectivity index (χ3v) is 4.00. The zero-order chi connectivity index (χ0) is 13.8. The van der Waals surface area contributed by atoms with Gasteiger partial charge in [-0.25, -0.2) is 0 Å². The average molecular weight is 339 g/mol. The Morgan fingerprint density at radius 3 is 2.26 bits per heavy atom. The predicted molar refractivity (Wildman–Crippen MR) is 87.0 cm³/mol. The van der Waals surface area contributed by atoms with Crippen molar-refractivity contribution in [1.82, 2.24) is 0 Å². The van der Waals surface area contributed by atoms with E-state index in [1.165, 1.54) is 22.4 Å². The molecular weight excluding hydrogens is 322 g/mol. The van der Waals surface area contributed by atoms with Crippen molar-refractivity contribution in [2.24, 2.45) is 0 Å². The second-order valence-corrected chi connectivity index (χ2v) is 5.92. The van der Waals surface area contributed by atoms with Gasteiger partial charge in [-0.05, 0) is 41.8 Å². The van der Waals surface area contributed by atoms with E-state index in [1.54, 1.807) is 0 Å². The molecule has 0 amide bonds. The number of aryl methyl sites for hydroxylation is 1. The highest BCUT2D eigenvalue weighted by Gasteiger charge is 2.06. The number of hydrogen-bond donors (Lipinski definition) is 0. The fourth-order valence-corrected chi connectivity index (χ4v) is 2.61. The van der Waals surface area contributed by atoms with Gasteiger partial charge in [0.1, 0.15) is 0 Å². The Hall–Kier alpha value is -0.990. The van der Waals surface area contributed by atoms with Crippen molar-refractivity contribution in [3.63, 3.8) is 0 Å². The molecule has 3 heteroatoms. The average Bonchev–Trinajstić information content (AvgIpc) is 2.41. The topological polar surface area (TPSA) is 3.24 Å². The van der Waals surface area contributed by atoms with E-state index < -0.39 is 0 Å². The Kier molecular flexibility index (Phi) is 4.89. The molecule has 0 heterocycles. The maximum absolute atomic E-state index is 5.86. The molecule has 100 valence electrons. The van der Waals surface area contributed by atoms with Crippen LogP contribution in [0.1, 0.15) is 16.7 Å². The van der Waals surface area contributed by atoms with Crippen LogP contribution in [-0.2, 0) is 12.4 Å². The molecule has 0 aliphatic rings. The van der Waals surface area contributed by atoms with Crippen molar-refractivity contribution >= 4 is 33.2 Å². The summed E-state index contributed by atoms with van der Waals surface area (Å²) in [5, 5.41) is 0. The Balaban J connectivity index is 2.15. The van der Waals surface area contributed by atoms with Crippen molar-refractivity contribution < 1.29 is 0 Å². The zero-order valence-corrected chi connectivity index (χ0v) is 13.5. The van der Waals surface area contributed by atoms with Gasteiger partial charge in [0, 0.05) is 29.6 Å². The predicted octanol–water partition coefficient (Wildman–Crippen LogP) is 5.13. The first-order valence-electron chi connectivity index (χ1n) is 6.21. The molecule has 2 rings (SSSR count). The summed E-state index contributed by atoms with van der Waals surface area (Å²) in [5.41, 5.74) is 4.97. The lowest BCUT2D eigenvalue weighted by molar-refractivity contribution is 0.916. The molecule has 0 unspecified atom stereocenters. The third-order valence-electron chi connectivity index (χ3n) is 3.16. The molecule has 0 N–H and O–H groups in total. The Bertz CT molecular complexity index is 551. The Labute approximate surface area is 128 Å². The minimum Gasteiger partial charge on any atom is -0.370 e. The van der Waals surface area contributed by atoms with E-state index in [0.717, 1.165) is 11.0 Å². The maximum Gasteiger partial charge on any atom is 0.0474 e. The number of alkyl halides is 1. The molecule has 0 fully saturated rings. The summed E-state index contributed by atoms with van der Waals surface area (Å²) < 4.78 is 1.11. The van der Waals surface area contributed by atoms with Crippen LogP contribution in [0.2, 0.25) is 0 Å². The van der Waals surface area contributed by atoms with Crippen LogP contribution < -0.4 is 4.90 Å². The lowest BCUT2D eigenvalue weighted by Crippen LogP contribution is -2.17. The van der Waals surface area contributed by atoms with Gasteiger partial charge in [0.05, 0.1) is 0 Å². The summed E-state index contributed by atoms with van der Waals surface area (Å²) in [7, 11) is 2.12. The third kappa shape index (κ3) is 3.74. The smallest absolute Gasteiger partial charge is 0.0474 e. The Morgan fingerprint density at radius 2 is 1.68 bits per heavy atom. The number of rotatable bonds is 4. The molecule has 0 aliphatic carbocycles. The van der Waals surface area contributed by atoms with E-state index in [0.29, 0.717) is 5.88 Å².